The summed E-state index contributed by atoms with van der Waals surface area (Å²) in [5.41, 5.74) is 0. The predicted molar refractivity (Wildman–Crippen MR) is 27.2 cm³/mol. The third-order valence-electron chi connectivity index (χ3n) is 0.973. The maximum Gasteiger partial charge on any atom is 0.406 e. The lowest BCUT2D eigenvalue weighted by Crippen LogP contribution is -2.37. The van der Waals surface area contributed by atoms with Crippen molar-refractivity contribution >= 4 is 0 Å². The average molecular weight is 195 g/mol. The van der Waals surface area contributed by atoms with Crippen LogP contribution in [0.5, 0.6) is 0 Å². The Bertz CT molecular complexity index is 122. The van der Waals surface area contributed by atoms with Crippen molar-refractivity contribution in [1.82, 2.24) is 0 Å². The molecule has 0 aromatic rings. The van der Waals surface area contributed by atoms with Gasteiger partial charge in [-0.05, 0) is 0 Å². The van der Waals surface area contributed by atoms with Crippen LogP contribution in [-0.4, -0.2) is 26.1 Å². The molecule has 0 aromatic carbocycles. The molecule has 0 N–H and O–H groups in total. The quantitative estimate of drug-likeness (QED) is 0.614. The number of hydrogen-bond acceptors (Lipinski definition) is 1. The molecule has 73 valence electrons. The van der Waals surface area contributed by atoms with Crippen molar-refractivity contribution in [2.75, 3.05) is 13.7 Å². The van der Waals surface area contributed by atoms with E-state index in [0.29, 0.717) is 0 Å². The molecule has 12 heavy (non-hydrogen) atoms. The highest BCUT2D eigenvalue weighted by molar-refractivity contribution is 5.04. The molecule has 0 aliphatic heterocycles. The van der Waals surface area contributed by atoms with Crippen molar-refractivity contribution in [3.05, 3.63) is 5.92 Å². The highest BCUT2D eigenvalue weighted by atomic mass is 19.4. The summed E-state index contributed by atoms with van der Waals surface area (Å²) in [6.45, 7) is -1.48. The van der Waals surface area contributed by atoms with Gasteiger partial charge in [0, 0.05) is 7.11 Å². The van der Waals surface area contributed by atoms with Crippen molar-refractivity contribution in [3.63, 3.8) is 0 Å². The number of methoxy groups -OCH3 is 1. The van der Waals surface area contributed by atoms with Crippen molar-refractivity contribution in [2.24, 2.45) is 0 Å². The topological polar surface area (TPSA) is 9.23 Å². The van der Waals surface area contributed by atoms with Gasteiger partial charge in [-0.15, -0.1) is 0 Å². The standard InChI is InChI=1S/C5H5F6O/c1-12-2-3(4(6,7)8)5(9,10)11/h2H2,1H3. The smallest absolute Gasteiger partial charge is 0.383 e. The second kappa shape index (κ2) is 3.51. The van der Waals surface area contributed by atoms with Crippen molar-refractivity contribution in [2.45, 2.75) is 12.4 Å². The average Bonchev–Trinajstić information content (AvgIpc) is 1.77. The third-order valence-corrected chi connectivity index (χ3v) is 0.973. The second-order valence-electron chi connectivity index (χ2n) is 1.91. The molecule has 0 bridgehead atoms. The molecule has 0 saturated carbocycles. The normalized spacial score (nSPS) is 14.0. The number of alkyl halides is 6. The molecule has 0 atom stereocenters. The fourth-order valence-electron chi connectivity index (χ4n) is 0.469. The van der Waals surface area contributed by atoms with Crippen LogP contribution in [-0.2, 0) is 4.74 Å². The van der Waals surface area contributed by atoms with E-state index in [0.717, 1.165) is 7.11 Å². The summed E-state index contributed by atoms with van der Waals surface area (Å²) in [6.07, 6.45) is -10.8. The van der Waals surface area contributed by atoms with Crippen LogP contribution in [0.1, 0.15) is 0 Å². The number of ether oxygens (including phenoxy) is 1. The van der Waals surface area contributed by atoms with E-state index in [9.17, 15) is 26.3 Å². The molecule has 0 heterocycles. The van der Waals surface area contributed by atoms with E-state index in [1.165, 1.54) is 0 Å². The van der Waals surface area contributed by atoms with Gasteiger partial charge in [0.2, 0.25) is 5.92 Å². The fraction of sp³-hybridized carbons (Fsp3) is 0.800. The minimum atomic E-state index is -5.38. The number of rotatable bonds is 2. The van der Waals surface area contributed by atoms with Crippen molar-refractivity contribution in [3.8, 4) is 0 Å². The van der Waals surface area contributed by atoms with Gasteiger partial charge in [0.15, 0.2) is 0 Å². The Kier molecular flexibility index (Phi) is 3.37. The third kappa shape index (κ3) is 3.29. The molecule has 0 unspecified atom stereocenters. The summed E-state index contributed by atoms with van der Waals surface area (Å²) in [5, 5.41) is 0. The minimum Gasteiger partial charge on any atom is -0.383 e. The first kappa shape index (κ1) is 11.5. The molecular formula is C5H5F6O. The maximum atomic E-state index is 11.6. The van der Waals surface area contributed by atoms with Gasteiger partial charge in [-0.25, -0.2) is 0 Å². The van der Waals surface area contributed by atoms with Gasteiger partial charge >= 0.3 is 12.4 Å². The Hall–Kier alpha value is -0.460. The number of hydrogen-bond donors (Lipinski definition) is 0. The molecule has 0 spiro atoms. The molecule has 0 saturated heterocycles. The Morgan fingerprint density at radius 2 is 1.33 bits per heavy atom. The van der Waals surface area contributed by atoms with Gasteiger partial charge in [-0.3, -0.25) is 0 Å². The van der Waals surface area contributed by atoms with E-state index in [4.69, 9.17) is 0 Å². The summed E-state index contributed by atoms with van der Waals surface area (Å²) in [5.74, 6) is -2.53. The van der Waals surface area contributed by atoms with E-state index in [2.05, 4.69) is 4.74 Å². The van der Waals surface area contributed by atoms with Crippen LogP contribution >= 0.6 is 0 Å². The summed E-state index contributed by atoms with van der Waals surface area (Å²) in [7, 11) is 0.761. The summed E-state index contributed by atoms with van der Waals surface area (Å²) in [4.78, 5) is 0. The zero-order valence-electron chi connectivity index (χ0n) is 5.88. The Balaban J connectivity index is 4.45. The van der Waals surface area contributed by atoms with Gasteiger partial charge in [0.1, 0.15) is 0 Å². The van der Waals surface area contributed by atoms with Crippen molar-refractivity contribution < 1.29 is 31.1 Å². The minimum absolute atomic E-state index is 0.761. The lowest BCUT2D eigenvalue weighted by molar-refractivity contribution is -0.213. The van der Waals surface area contributed by atoms with Crippen LogP contribution in [0.25, 0.3) is 0 Å². The van der Waals surface area contributed by atoms with Crippen LogP contribution in [0.15, 0.2) is 0 Å². The van der Waals surface area contributed by atoms with E-state index >= 15 is 0 Å². The van der Waals surface area contributed by atoms with Gasteiger partial charge < -0.3 is 4.74 Å². The van der Waals surface area contributed by atoms with Crippen molar-refractivity contribution in [1.29, 1.82) is 0 Å². The summed E-state index contributed by atoms with van der Waals surface area (Å²) >= 11 is 0. The zero-order valence-corrected chi connectivity index (χ0v) is 5.88. The lowest BCUT2D eigenvalue weighted by atomic mass is 10.1. The predicted octanol–water partition coefficient (Wildman–Crippen LogP) is 2.33. The maximum absolute atomic E-state index is 11.6. The Morgan fingerprint density at radius 1 is 1.00 bits per heavy atom. The van der Waals surface area contributed by atoms with Crippen LogP contribution in [0.4, 0.5) is 26.3 Å². The van der Waals surface area contributed by atoms with E-state index in [-0.39, 0.29) is 0 Å². The van der Waals surface area contributed by atoms with Gasteiger partial charge in [-0.2, -0.15) is 26.3 Å². The van der Waals surface area contributed by atoms with Gasteiger partial charge in [-0.1, -0.05) is 0 Å². The van der Waals surface area contributed by atoms with Crippen LogP contribution in [0, 0.1) is 5.92 Å². The Labute approximate surface area is 64.3 Å². The molecule has 1 radical (unpaired) electrons. The first-order chi connectivity index (χ1) is 5.19. The molecule has 0 fully saturated rings. The van der Waals surface area contributed by atoms with Crippen LogP contribution in [0.2, 0.25) is 0 Å². The summed E-state index contributed by atoms with van der Waals surface area (Å²) in [6, 6.07) is 0. The largest absolute Gasteiger partial charge is 0.406 e. The van der Waals surface area contributed by atoms with Gasteiger partial charge in [0.25, 0.3) is 0 Å². The Morgan fingerprint density at radius 3 is 1.42 bits per heavy atom. The molecule has 0 aliphatic carbocycles. The second-order valence-corrected chi connectivity index (χ2v) is 1.91. The van der Waals surface area contributed by atoms with Crippen LogP contribution < -0.4 is 0 Å². The van der Waals surface area contributed by atoms with E-state index in [1.54, 1.807) is 0 Å². The molecule has 0 aromatic heterocycles. The zero-order chi connectivity index (χ0) is 9.99. The first-order valence-electron chi connectivity index (χ1n) is 2.68. The van der Waals surface area contributed by atoms with E-state index < -0.39 is 24.9 Å². The summed E-state index contributed by atoms with van der Waals surface area (Å²) < 4.78 is 73.2. The SMILES string of the molecule is COC[C](C(F)(F)F)C(F)(F)F. The highest BCUT2D eigenvalue weighted by Gasteiger charge is 2.57. The molecule has 1 nitrogen and oxygen atoms in total. The molecule has 7 heteroatoms. The number of halogens is 6. The van der Waals surface area contributed by atoms with E-state index in [1.807, 2.05) is 0 Å². The highest BCUT2D eigenvalue weighted by Crippen LogP contribution is 2.40. The monoisotopic (exact) mass is 195 g/mol. The lowest BCUT2D eigenvalue weighted by Gasteiger charge is -2.20. The van der Waals surface area contributed by atoms with Gasteiger partial charge in [0.05, 0.1) is 6.61 Å². The molecule has 0 rings (SSSR count). The first-order valence-corrected chi connectivity index (χ1v) is 2.68. The molecular weight excluding hydrogens is 190 g/mol. The van der Waals surface area contributed by atoms with Crippen LogP contribution in [0.3, 0.4) is 0 Å². The fourth-order valence-corrected chi connectivity index (χ4v) is 0.469. The molecule has 0 amide bonds. The molecule has 0 aliphatic rings.